The lowest BCUT2D eigenvalue weighted by molar-refractivity contribution is 0.554. The molecular formula is C15H17N3. The van der Waals surface area contributed by atoms with Gasteiger partial charge < -0.3 is 0 Å². The van der Waals surface area contributed by atoms with Gasteiger partial charge in [-0.1, -0.05) is 35.9 Å². The molecule has 3 rings (SSSR count). The molecule has 1 aliphatic rings. The number of rotatable bonds is 2. The SMILES string of the molecule is Cc1ccc(C2CC(c3cccnc3)NN2)cc1. The first-order valence-electron chi connectivity index (χ1n) is 6.30. The molecule has 0 bridgehead atoms. The van der Waals surface area contributed by atoms with E-state index in [0.717, 1.165) is 6.42 Å². The minimum absolute atomic E-state index is 0.338. The molecule has 0 amide bonds. The molecule has 0 aliphatic carbocycles. The highest BCUT2D eigenvalue weighted by Gasteiger charge is 2.25. The van der Waals surface area contributed by atoms with Crippen molar-refractivity contribution in [3.63, 3.8) is 0 Å². The molecule has 2 N–H and O–H groups in total. The summed E-state index contributed by atoms with van der Waals surface area (Å²) in [6, 6.07) is 13.5. The first kappa shape index (κ1) is 11.4. The van der Waals surface area contributed by atoms with E-state index in [1.807, 2.05) is 18.5 Å². The summed E-state index contributed by atoms with van der Waals surface area (Å²) >= 11 is 0. The van der Waals surface area contributed by atoms with Crippen molar-refractivity contribution in [3.8, 4) is 0 Å². The van der Waals surface area contributed by atoms with E-state index in [2.05, 4.69) is 53.1 Å². The molecule has 0 spiro atoms. The number of nitrogens with zero attached hydrogens (tertiary/aromatic N) is 1. The van der Waals surface area contributed by atoms with Crippen molar-refractivity contribution in [1.29, 1.82) is 0 Å². The number of aryl methyl sites for hydroxylation is 1. The highest BCUT2D eigenvalue weighted by atomic mass is 15.4. The quantitative estimate of drug-likeness (QED) is 0.846. The van der Waals surface area contributed by atoms with E-state index in [1.165, 1.54) is 16.7 Å². The van der Waals surface area contributed by atoms with Gasteiger partial charge in [-0.05, 0) is 30.5 Å². The molecule has 1 saturated heterocycles. The molecule has 18 heavy (non-hydrogen) atoms. The fourth-order valence-corrected chi connectivity index (χ4v) is 2.37. The van der Waals surface area contributed by atoms with Crippen molar-refractivity contribution in [2.45, 2.75) is 25.4 Å². The van der Waals surface area contributed by atoms with E-state index in [0.29, 0.717) is 12.1 Å². The predicted molar refractivity (Wildman–Crippen MR) is 71.8 cm³/mol. The van der Waals surface area contributed by atoms with E-state index < -0.39 is 0 Å². The van der Waals surface area contributed by atoms with Crippen LogP contribution in [-0.4, -0.2) is 4.98 Å². The summed E-state index contributed by atoms with van der Waals surface area (Å²) in [6.07, 6.45) is 4.79. The maximum absolute atomic E-state index is 4.17. The van der Waals surface area contributed by atoms with Crippen molar-refractivity contribution in [2.24, 2.45) is 0 Å². The number of hydrogen-bond acceptors (Lipinski definition) is 3. The van der Waals surface area contributed by atoms with Gasteiger partial charge in [0.2, 0.25) is 0 Å². The molecule has 2 aromatic rings. The number of pyridine rings is 1. The average Bonchev–Trinajstić information content (AvgIpc) is 2.90. The summed E-state index contributed by atoms with van der Waals surface area (Å²) in [5.74, 6) is 0. The Morgan fingerprint density at radius 1 is 1.00 bits per heavy atom. The third-order valence-corrected chi connectivity index (χ3v) is 3.47. The fraction of sp³-hybridized carbons (Fsp3) is 0.267. The highest BCUT2D eigenvalue weighted by molar-refractivity contribution is 5.26. The molecule has 3 nitrogen and oxygen atoms in total. The second kappa shape index (κ2) is 4.88. The molecule has 92 valence electrons. The van der Waals surface area contributed by atoms with Crippen molar-refractivity contribution in [3.05, 3.63) is 65.5 Å². The maximum atomic E-state index is 4.17. The summed E-state index contributed by atoms with van der Waals surface area (Å²) in [7, 11) is 0. The van der Waals surface area contributed by atoms with Crippen LogP contribution in [-0.2, 0) is 0 Å². The molecule has 2 unspecified atom stereocenters. The molecule has 1 fully saturated rings. The van der Waals surface area contributed by atoms with Crippen LogP contribution < -0.4 is 10.9 Å². The topological polar surface area (TPSA) is 37.0 Å². The molecular weight excluding hydrogens is 222 g/mol. The minimum Gasteiger partial charge on any atom is -0.264 e. The van der Waals surface area contributed by atoms with Crippen LogP contribution in [0.5, 0.6) is 0 Å². The molecule has 2 atom stereocenters. The summed E-state index contributed by atoms with van der Waals surface area (Å²) in [6.45, 7) is 2.11. The lowest BCUT2D eigenvalue weighted by Crippen LogP contribution is -2.26. The Labute approximate surface area is 107 Å². The van der Waals surface area contributed by atoms with E-state index in [-0.39, 0.29) is 0 Å². The number of aromatic nitrogens is 1. The van der Waals surface area contributed by atoms with Crippen molar-refractivity contribution in [1.82, 2.24) is 15.8 Å². The van der Waals surface area contributed by atoms with Crippen molar-refractivity contribution >= 4 is 0 Å². The van der Waals surface area contributed by atoms with Crippen LogP contribution in [0.1, 0.15) is 35.2 Å². The summed E-state index contributed by atoms with van der Waals surface area (Å²) in [5, 5.41) is 0. The molecule has 0 saturated carbocycles. The van der Waals surface area contributed by atoms with Gasteiger partial charge in [-0.25, -0.2) is 10.9 Å². The number of nitrogens with one attached hydrogen (secondary N) is 2. The van der Waals surface area contributed by atoms with E-state index in [4.69, 9.17) is 0 Å². The van der Waals surface area contributed by atoms with Gasteiger partial charge in [0.15, 0.2) is 0 Å². The lowest BCUT2D eigenvalue weighted by Gasteiger charge is -2.10. The van der Waals surface area contributed by atoms with E-state index in [1.54, 1.807) is 0 Å². The summed E-state index contributed by atoms with van der Waals surface area (Å²) in [5.41, 5.74) is 10.6. The smallest absolute Gasteiger partial charge is 0.0496 e. The van der Waals surface area contributed by atoms with Crippen LogP contribution in [0.15, 0.2) is 48.8 Å². The normalized spacial score (nSPS) is 23.2. The van der Waals surface area contributed by atoms with Gasteiger partial charge in [0.05, 0.1) is 0 Å². The fourth-order valence-electron chi connectivity index (χ4n) is 2.37. The highest BCUT2D eigenvalue weighted by Crippen LogP contribution is 2.30. The Morgan fingerprint density at radius 3 is 2.39 bits per heavy atom. The van der Waals surface area contributed by atoms with Gasteiger partial charge in [-0.3, -0.25) is 4.98 Å². The Balaban J connectivity index is 1.74. The lowest BCUT2D eigenvalue weighted by atomic mass is 9.98. The van der Waals surface area contributed by atoms with Crippen LogP contribution in [0.2, 0.25) is 0 Å². The second-order valence-corrected chi connectivity index (χ2v) is 4.83. The van der Waals surface area contributed by atoms with Crippen LogP contribution in [0.3, 0.4) is 0 Å². The largest absolute Gasteiger partial charge is 0.264 e. The van der Waals surface area contributed by atoms with Crippen molar-refractivity contribution in [2.75, 3.05) is 0 Å². The van der Waals surface area contributed by atoms with Crippen LogP contribution >= 0.6 is 0 Å². The predicted octanol–water partition coefficient (Wildman–Crippen LogP) is 2.67. The summed E-state index contributed by atoms with van der Waals surface area (Å²) < 4.78 is 0. The standard InChI is InChI=1S/C15H17N3/c1-11-4-6-12(7-5-11)14-9-15(18-17-14)13-3-2-8-16-10-13/h2-8,10,14-15,17-18H,9H2,1H3. The zero-order valence-corrected chi connectivity index (χ0v) is 10.4. The number of hydrogen-bond donors (Lipinski definition) is 2. The Kier molecular flexibility index (Phi) is 3.09. The van der Waals surface area contributed by atoms with Gasteiger partial charge >= 0.3 is 0 Å². The van der Waals surface area contributed by atoms with Gasteiger partial charge in [0, 0.05) is 24.5 Å². The molecule has 3 heteroatoms. The van der Waals surface area contributed by atoms with Crippen molar-refractivity contribution < 1.29 is 0 Å². The third-order valence-electron chi connectivity index (χ3n) is 3.47. The van der Waals surface area contributed by atoms with E-state index >= 15 is 0 Å². The monoisotopic (exact) mass is 239 g/mol. The molecule has 1 aromatic heterocycles. The first-order valence-corrected chi connectivity index (χ1v) is 6.30. The molecule has 1 aromatic carbocycles. The number of benzene rings is 1. The number of hydrazine groups is 1. The minimum atomic E-state index is 0.338. The third kappa shape index (κ3) is 2.28. The van der Waals surface area contributed by atoms with Crippen LogP contribution in [0.25, 0.3) is 0 Å². The zero-order valence-electron chi connectivity index (χ0n) is 10.4. The molecule has 0 radical (unpaired) electrons. The summed E-state index contributed by atoms with van der Waals surface area (Å²) in [4.78, 5) is 4.17. The van der Waals surface area contributed by atoms with Gasteiger partial charge in [0.1, 0.15) is 0 Å². The molecule has 2 heterocycles. The Bertz CT molecular complexity index is 507. The van der Waals surface area contributed by atoms with Crippen LogP contribution in [0, 0.1) is 6.92 Å². The second-order valence-electron chi connectivity index (χ2n) is 4.83. The maximum Gasteiger partial charge on any atom is 0.0496 e. The van der Waals surface area contributed by atoms with Gasteiger partial charge in [-0.15, -0.1) is 0 Å². The Morgan fingerprint density at radius 2 is 1.72 bits per heavy atom. The van der Waals surface area contributed by atoms with E-state index in [9.17, 15) is 0 Å². The first-order chi connectivity index (χ1) is 8.83. The molecule has 1 aliphatic heterocycles. The van der Waals surface area contributed by atoms with Gasteiger partial charge in [-0.2, -0.15) is 0 Å². The van der Waals surface area contributed by atoms with Crippen LogP contribution in [0.4, 0.5) is 0 Å². The average molecular weight is 239 g/mol. The zero-order chi connectivity index (χ0) is 12.4. The Hall–Kier alpha value is -1.71. The van der Waals surface area contributed by atoms with Gasteiger partial charge in [0.25, 0.3) is 0 Å².